The summed E-state index contributed by atoms with van der Waals surface area (Å²) in [4.78, 5) is 0. The SMILES string of the molecule is CC12CC=CC(Br)=C1OC1CCCCC12C. The molecule has 0 bridgehead atoms. The zero-order valence-electron chi connectivity index (χ0n) is 10.1. The molecule has 3 aliphatic rings. The van der Waals surface area contributed by atoms with Gasteiger partial charge in [0.1, 0.15) is 11.9 Å². The number of hydrogen-bond acceptors (Lipinski definition) is 1. The maximum atomic E-state index is 6.27. The number of allylic oxidation sites excluding steroid dienone is 4. The predicted octanol–water partition coefficient (Wildman–Crippen LogP) is 4.54. The van der Waals surface area contributed by atoms with Crippen molar-refractivity contribution in [3.8, 4) is 0 Å². The van der Waals surface area contributed by atoms with Gasteiger partial charge in [-0.1, -0.05) is 26.3 Å². The lowest BCUT2D eigenvalue weighted by Crippen LogP contribution is -2.42. The molecule has 2 fully saturated rings. The molecule has 3 rings (SSSR count). The van der Waals surface area contributed by atoms with E-state index in [-0.39, 0.29) is 5.41 Å². The maximum absolute atomic E-state index is 6.27. The second-order valence-electron chi connectivity index (χ2n) is 5.89. The molecule has 3 atom stereocenters. The summed E-state index contributed by atoms with van der Waals surface area (Å²) in [5.74, 6) is 1.21. The van der Waals surface area contributed by atoms with E-state index in [0.29, 0.717) is 11.5 Å². The lowest BCUT2D eigenvalue weighted by Gasteiger charge is -2.44. The van der Waals surface area contributed by atoms with Crippen LogP contribution in [0, 0.1) is 10.8 Å². The highest BCUT2D eigenvalue weighted by molar-refractivity contribution is 9.11. The lowest BCUT2D eigenvalue weighted by atomic mass is 9.57. The highest BCUT2D eigenvalue weighted by Crippen LogP contribution is 2.64. The summed E-state index contributed by atoms with van der Waals surface area (Å²) in [7, 11) is 0. The van der Waals surface area contributed by atoms with E-state index in [9.17, 15) is 0 Å². The Bertz CT molecular complexity index is 384. The molecule has 2 aliphatic carbocycles. The third-order valence-corrected chi connectivity index (χ3v) is 5.78. The van der Waals surface area contributed by atoms with Gasteiger partial charge in [0.25, 0.3) is 0 Å². The van der Waals surface area contributed by atoms with Gasteiger partial charge in [0.15, 0.2) is 0 Å². The van der Waals surface area contributed by atoms with Crippen molar-refractivity contribution in [2.24, 2.45) is 10.8 Å². The third kappa shape index (κ3) is 1.17. The van der Waals surface area contributed by atoms with Gasteiger partial charge < -0.3 is 4.74 Å². The zero-order chi connectivity index (χ0) is 11.4. The Morgan fingerprint density at radius 1 is 1.38 bits per heavy atom. The molecule has 0 radical (unpaired) electrons. The van der Waals surface area contributed by atoms with E-state index in [1.807, 2.05) is 0 Å². The fourth-order valence-corrected chi connectivity index (χ4v) is 4.49. The van der Waals surface area contributed by atoms with E-state index in [2.05, 4.69) is 41.9 Å². The largest absolute Gasteiger partial charge is 0.492 e. The molecular formula is C14H19BrO. The molecule has 88 valence electrons. The molecule has 0 aromatic rings. The molecule has 16 heavy (non-hydrogen) atoms. The number of fused-ring (bicyclic) bond motifs is 3. The first-order valence-corrected chi connectivity index (χ1v) is 7.11. The molecule has 3 unspecified atom stereocenters. The molecule has 0 spiro atoms. The van der Waals surface area contributed by atoms with Gasteiger partial charge in [-0.15, -0.1) is 0 Å². The minimum atomic E-state index is 0.214. The fourth-order valence-electron chi connectivity index (χ4n) is 3.77. The number of hydrogen-bond donors (Lipinski definition) is 0. The highest BCUT2D eigenvalue weighted by Gasteiger charge is 2.60. The first-order chi connectivity index (χ1) is 7.58. The van der Waals surface area contributed by atoms with Crippen molar-refractivity contribution >= 4 is 15.9 Å². The van der Waals surface area contributed by atoms with Gasteiger partial charge in [0.05, 0.1) is 4.48 Å². The van der Waals surface area contributed by atoms with Crippen molar-refractivity contribution in [3.63, 3.8) is 0 Å². The first kappa shape index (κ1) is 10.9. The smallest absolute Gasteiger partial charge is 0.117 e. The molecule has 0 amide bonds. The van der Waals surface area contributed by atoms with E-state index in [1.54, 1.807) is 0 Å². The van der Waals surface area contributed by atoms with Crippen molar-refractivity contribution in [3.05, 3.63) is 22.4 Å². The Hall–Kier alpha value is -0.240. The summed E-state index contributed by atoms with van der Waals surface area (Å²) in [6.45, 7) is 4.82. The minimum Gasteiger partial charge on any atom is -0.492 e. The Morgan fingerprint density at radius 3 is 3.00 bits per heavy atom. The van der Waals surface area contributed by atoms with E-state index < -0.39 is 0 Å². The summed E-state index contributed by atoms with van der Waals surface area (Å²) in [5, 5.41) is 0. The van der Waals surface area contributed by atoms with E-state index in [4.69, 9.17) is 4.74 Å². The van der Waals surface area contributed by atoms with Crippen molar-refractivity contribution in [2.45, 2.75) is 52.1 Å². The number of halogens is 1. The summed E-state index contributed by atoms with van der Waals surface area (Å²) >= 11 is 3.66. The van der Waals surface area contributed by atoms with Crippen LogP contribution >= 0.6 is 15.9 Å². The molecule has 1 nitrogen and oxygen atoms in total. The van der Waals surface area contributed by atoms with Crippen molar-refractivity contribution in [1.29, 1.82) is 0 Å². The molecule has 0 N–H and O–H groups in total. The van der Waals surface area contributed by atoms with Gasteiger partial charge in [-0.2, -0.15) is 0 Å². The van der Waals surface area contributed by atoms with E-state index in [0.717, 1.165) is 10.9 Å². The van der Waals surface area contributed by atoms with Crippen LogP contribution in [-0.4, -0.2) is 6.10 Å². The molecule has 1 saturated carbocycles. The van der Waals surface area contributed by atoms with Gasteiger partial charge in [-0.05, 0) is 47.7 Å². The highest BCUT2D eigenvalue weighted by atomic mass is 79.9. The summed E-state index contributed by atoms with van der Waals surface area (Å²) < 4.78 is 7.43. The van der Waals surface area contributed by atoms with Crippen LogP contribution in [0.1, 0.15) is 46.0 Å². The number of ether oxygens (including phenoxy) is 1. The standard InChI is InChI=1S/C14H19BrO/c1-13-8-4-3-7-11(13)16-12-10(15)6-5-9-14(12,13)2/h5-6,11H,3-4,7-9H2,1-2H3. The zero-order valence-corrected chi connectivity index (χ0v) is 11.6. The van der Waals surface area contributed by atoms with Crippen LogP contribution in [-0.2, 0) is 4.74 Å². The van der Waals surface area contributed by atoms with Crippen LogP contribution in [0.15, 0.2) is 22.4 Å². The second-order valence-corrected chi connectivity index (χ2v) is 6.74. The molecule has 1 heterocycles. The quantitative estimate of drug-likeness (QED) is 0.634. The van der Waals surface area contributed by atoms with E-state index >= 15 is 0 Å². The number of rotatable bonds is 0. The lowest BCUT2D eigenvalue weighted by molar-refractivity contribution is 0.0161. The second kappa shape index (κ2) is 3.38. The monoisotopic (exact) mass is 282 g/mol. The molecule has 0 aromatic carbocycles. The van der Waals surface area contributed by atoms with Crippen LogP contribution < -0.4 is 0 Å². The molecule has 1 saturated heterocycles. The van der Waals surface area contributed by atoms with Gasteiger partial charge >= 0.3 is 0 Å². The predicted molar refractivity (Wildman–Crippen MR) is 69.3 cm³/mol. The normalized spacial score (nSPS) is 46.3. The van der Waals surface area contributed by atoms with Crippen molar-refractivity contribution in [1.82, 2.24) is 0 Å². The van der Waals surface area contributed by atoms with Crippen LogP contribution in [0.2, 0.25) is 0 Å². The van der Waals surface area contributed by atoms with Crippen LogP contribution in [0.5, 0.6) is 0 Å². The average molecular weight is 283 g/mol. The molecular weight excluding hydrogens is 264 g/mol. The topological polar surface area (TPSA) is 9.23 Å². The Morgan fingerprint density at radius 2 is 2.19 bits per heavy atom. The molecule has 1 aliphatic heterocycles. The molecule has 0 aromatic heterocycles. The Balaban J connectivity index is 2.10. The Kier molecular flexibility index (Phi) is 2.30. The van der Waals surface area contributed by atoms with Gasteiger partial charge in [0, 0.05) is 10.8 Å². The van der Waals surface area contributed by atoms with E-state index in [1.165, 1.54) is 31.4 Å². The van der Waals surface area contributed by atoms with Gasteiger partial charge in [0.2, 0.25) is 0 Å². The summed E-state index contributed by atoms with van der Waals surface area (Å²) in [5.41, 5.74) is 0.552. The van der Waals surface area contributed by atoms with Crippen LogP contribution in [0.3, 0.4) is 0 Å². The minimum absolute atomic E-state index is 0.214. The van der Waals surface area contributed by atoms with Crippen LogP contribution in [0.4, 0.5) is 0 Å². The molecule has 2 heteroatoms. The van der Waals surface area contributed by atoms with Crippen molar-refractivity contribution in [2.75, 3.05) is 0 Å². The van der Waals surface area contributed by atoms with Crippen molar-refractivity contribution < 1.29 is 4.74 Å². The van der Waals surface area contributed by atoms with Gasteiger partial charge in [-0.3, -0.25) is 0 Å². The van der Waals surface area contributed by atoms with Gasteiger partial charge in [-0.25, -0.2) is 0 Å². The Labute approximate surface area is 106 Å². The summed E-state index contributed by atoms with van der Waals surface area (Å²) in [6.07, 6.45) is 11.2. The third-order valence-electron chi connectivity index (χ3n) is 5.15. The fraction of sp³-hybridized carbons (Fsp3) is 0.714. The maximum Gasteiger partial charge on any atom is 0.117 e. The average Bonchev–Trinajstić information content (AvgIpc) is 2.49. The summed E-state index contributed by atoms with van der Waals surface area (Å²) in [6, 6.07) is 0. The van der Waals surface area contributed by atoms with Crippen LogP contribution in [0.25, 0.3) is 0 Å². The first-order valence-electron chi connectivity index (χ1n) is 6.31.